The molecule has 0 spiro atoms. The number of nitrogens with one attached hydrogen (secondary N) is 1. The second kappa shape index (κ2) is 8.28. The van der Waals surface area contributed by atoms with Crippen LogP contribution in [0.5, 0.6) is 5.75 Å². The standard InChI is InChI=1S/C20H22N6O2/c1-25-13-23-11-19(25)18(21)12-26(22)16-7-3-5-14(9-16)20(27)24-15-6-4-8-17(10-15)28-2/h3-13H,21-22H2,1-2H3,(H,24,27)/b18-12-. The minimum Gasteiger partial charge on any atom is -0.497 e. The van der Waals surface area contributed by atoms with Crippen LogP contribution >= 0.6 is 0 Å². The Hall–Kier alpha value is -3.78. The highest BCUT2D eigenvalue weighted by molar-refractivity contribution is 6.04. The number of aromatic nitrogens is 2. The Morgan fingerprint density at radius 1 is 1.25 bits per heavy atom. The van der Waals surface area contributed by atoms with Crippen LogP contribution in [0.1, 0.15) is 16.1 Å². The molecule has 0 bridgehead atoms. The number of nitrogens with zero attached hydrogens (tertiary/aromatic N) is 3. The van der Waals surface area contributed by atoms with Gasteiger partial charge in [-0.15, -0.1) is 0 Å². The zero-order valence-electron chi connectivity index (χ0n) is 15.7. The van der Waals surface area contributed by atoms with Gasteiger partial charge in [-0.1, -0.05) is 12.1 Å². The van der Waals surface area contributed by atoms with Crippen molar-refractivity contribution in [3.05, 3.63) is 78.5 Å². The third kappa shape index (κ3) is 4.30. The molecule has 3 rings (SSSR count). The van der Waals surface area contributed by atoms with Crippen molar-refractivity contribution in [3.63, 3.8) is 0 Å². The summed E-state index contributed by atoms with van der Waals surface area (Å²) in [7, 11) is 3.42. The first-order chi connectivity index (χ1) is 13.5. The normalized spacial score (nSPS) is 11.2. The molecule has 1 aromatic heterocycles. The molecule has 0 radical (unpaired) electrons. The van der Waals surface area contributed by atoms with Crippen molar-refractivity contribution in [2.75, 3.05) is 17.4 Å². The minimum atomic E-state index is -0.257. The maximum Gasteiger partial charge on any atom is 0.255 e. The topological polar surface area (TPSA) is 111 Å². The van der Waals surface area contributed by atoms with Crippen molar-refractivity contribution < 1.29 is 9.53 Å². The van der Waals surface area contributed by atoms with E-state index in [0.29, 0.717) is 28.4 Å². The van der Waals surface area contributed by atoms with Crippen LogP contribution in [-0.2, 0) is 7.05 Å². The molecule has 0 atom stereocenters. The van der Waals surface area contributed by atoms with Gasteiger partial charge in [-0.3, -0.25) is 9.80 Å². The molecule has 8 nitrogen and oxygen atoms in total. The number of amides is 1. The van der Waals surface area contributed by atoms with Gasteiger partial charge < -0.3 is 20.4 Å². The van der Waals surface area contributed by atoms with E-state index in [1.54, 1.807) is 72.9 Å². The zero-order chi connectivity index (χ0) is 20.1. The van der Waals surface area contributed by atoms with Crippen molar-refractivity contribution in [1.29, 1.82) is 0 Å². The van der Waals surface area contributed by atoms with Gasteiger partial charge in [0.2, 0.25) is 0 Å². The van der Waals surface area contributed by atoms with Gasteiger partial charge in [0.05, 0.1) is 36.7 Å². The van der Waals surface area contributed by atoms with Crippen molar-refractivity contribution >= 4 is 23.0 Å². The molecule has 5 N–H and O–H groups in total. The lowest BCUT2D eigenvalue weighted by Crippen LogP contribution is -2.26. The van der Waals surface area contributed by atoms with Crippen molar-refractivity contribution in [3.8, 4) is 5.75 Å². The lowest BCUT2D eigenvalue weighted by molar-refractivity contribution is 0.102. The molecule has 2 aromatic carbocycles. The van der Waals surface area contributed by atoms with Crippen LogP contribution < -0.4 is 26.6 Å². The maximum atomic E-state index is 12.6. The molecular formula is C20H22N6O2. The molecule has 0 fully saturated rings. The van der Waals surface area contributed by atoms with Crippen molar-refractivity contribution in [2.45, 2.75) is 0 Å². The highest BCUT2D eigenvalue weighted by Gasteiger charge is 2.10. The number of hydrogen-bond donors (Lipinski definition) is 3. The Morgan fingerprint density at radius 2 is 2.04 bits per heavy atom. The number of nitrogens with two attached hydrogens (primary N) is 2. The van der Waals surface area contributed by atoms with E-state index >= 15 is 0 Å². The smallest absolute Gasteiger partial charge is 0.255 e. The summed E-state index contributed by atoms with van der Waals surface area (Å²) in [6.45, 7) is 0. The summed E-state index contributed by atoms with van der Waals surface area (Å²) in [5.41, 5.74) is 9.00. The van der Waals surface area contributed by atoms with Crippen molar-refractivity contribution in [2.24, 2.45) is 18.6 Å². The molecule has 0 unspecified atom stereocenters. The molecule has 8 heteroatoms. The van der Waals surface area contributed by atoms with Crippen LogP contribution in [0.4, 0.5) is 11.4 Å². The first kappa shape index (κ1) is 19.0. The number of ether oxygens (including phenoxy) is 1. The fraction of sp³-hybridized carbons (Fsp3) is 0.100. The van der Waals surface area contributed by atoms with Crippen LogP contribution in [0.2, 0.25) is 0 Å². The number of imidazole rings is 1. The van der Waals surface area contributed by atoms with Crippen LogP contribution in [0.25, 0.3) is 5.70 Å². The van der Waals surface area contributed by atoms with E-state index in [0.717, 1.165) is 5.69 Å². The predicted octanol–water partition coefficient (Wildman–Crippen LogP) is 2.32. The van der Waals surface area contributed by atoms with E-state index in [1.807, 2.05) is 13.1 Å². The largest absolute Gasteiger partial charge is 0.497 e. The molecule has 0 aliphatic heterocycles. The van der Waals surface area contributed by atoms with Gasteiger partial charge in [-0.25, -0.2) is 10.8 Å². The Labute approximate surface area is 163 Å². The van der Waals surface area contributed by atoms with Gasteiger partial charge in [0.15, 0.2) is 0 Å². The molecule has 0 aliphatic carbocycles. The number of hydrazine groups is 1. The first-order valence-corrected chi connectivity index (χ1v) is 8.51. The van der Waals surface area contributed by atoms with E-state index in [1.165, 1.54) is 5.01 Å². The Kier molecular flexibility index (Phi) is 5.61. The van der Waals surface area contributed by atoms with Gasteiger partial charge in [-0.05, 0) is 30.3 Å². The van der Waals surface area contributed by atoms with Crippen LogP contribution in [0, 0.1) is 0 Å². The van der Waals surface area contributed by atoms with E-state index < -0.39 is 0 Å². The highest BCUT2D eigenvalue weighted by atomic mass is 16.5. The summed E-state index contributed by atoms with van der Waals surface area (Å²) in [6.07, 6.45) is 4.88. The predicted molar refractivity (Wildman–Crippen MR) is 109 cm³/mol. The first-order valence-electron chi connectivity index (χ1n) is 8.51. The molecule has 0 saturated carbocycles. The molecule has 28 heavy (non-hydrogen) atoms. The zero-order valence-corrected chi connectivity index (χ0v) is 15.7. The summed E-state index contributed by atoms with van der Waals surface area (Å²) in [5.74, 6) is 6.52. The number of hydrogen-bond acceptors (Lipinski definition) is 6. The Morgan fingerprint density at radius 3 is 2.75 bits per heavy atom. The van der Waals surface area contributed by atoms with Gasteiger partial charge >= 0.3 is 0 Å². The summed E-state index contributed by atoms with van der Waals surface area (Å²) in [6, 6.07) is 14.1. The lowest BCUT2D eigenvalue weighted by Gasteiger charge is -2.16. The number of rotatable bonds is 6. The van der Waals surface area contributed by atoms with E-state index in [9.17, 15) is 4.79 Å². The monoisotopic (exact) mass is 378 g/mol. The minimum absolute atomic E-state index is 0.257. The van der Waals surface area contributed by atoms with Crippen LogP contribution in [0.15, 0.2) is 67.3 Å². The Balaban J connectivity index is 1.77. The molecule has 1 heterocycles. The summed E-state index contributed by atoms with van der Waals surface area (Å²) in [5, 5.41) is 4.21. The molecule has 0 saturated heterocycles. The number of aryl methyl sites for hydroxylation is 1. The highest BCUT2D eigenvalue weighted by Crippen LogP contribution is 2.20. The van der Waals surface area contributed by atoms with Crippen molar-refractivity contribution in [1.82, 2.24) is 9.55 Å². The number of carbonyl (C=O) groups excluding carboxylic acids is 1. The number of benzene rings is 2. The van der Waals surface area contributed by atoms with E-state index in [2.05, 4.69) is 10.3 Å². The van der Waals surface area contributed by atoms with E-state index in [4.69, 9.17) is 16.3 Å². The van der Waals surface area contributed by atoms with E-state index in [-0.39, 0.29) is 5.91 Å². The van der Waals surface area contributed by atoms with Gasteiger partial charge in [-0.2, -0.15) is 0 Å². The molecular weight excluding hydrogens is 356 g/mol. The lowest BCUT2D eigenvalue weighted by atomic mass is 10.1. The van der Waals surface area contributed by atoms with Gasteiger partial charge in [0.25, 0.3) is 5.91 Å². The second-order valence-electron chi connectivity index (χ2n) is 6.12. The average molecular weight is 378 g/mol. The SMILES string of the molecule is COc1cccc(NC(=O)c2cccc(N(N)/C=C(\N)c3cncn3C)c2)c1. The van der Waals surface area contributed by atoms with Gasteiger partial charge in [0.1, 0.15) is 5.75 Å². The average Bonchev–Trinajstić information content (AvgIpc) is 3.14. The summed E-state index contributed by atoms with van der Waals surface area (Å²) >= 11 is 0. The number of methoxy groups -OCH3 is 1. The third-order valence-electron chi connectivity index (χ3n) is 4.12. The molecule has 144 valence electrons. The Bertz CT molecular complexity index is 1010. The fourth-order valence-corrected chi connectivity index (χ4v) is 2.64. The summed E-state index contributed by atoms with van der Waals surface area (Å²) in [4.78, 5) is 16.6. The van der Waals surface area contributed by atoms with Crippen LogP contribution in [-0.4, -0.2) is 22.6 Å². The number of anilines is 2. The second-order valence-corrected chi connectivity index (χ2v) is 6.12. The van der Waals surface area contributed by atoms with Crippen LogP contribution in [0.3, 0.4) is 0 Å². The number of carbonyl (C=O) groups is 1. The molecule has 3 aromatic rings. The quantitative estimate of drug-likeness (QED) is 0.448. The molecule has 1 amide bonds. The molecule has 0 aliphatic rings. The third-order valence-corrected chi connectivity index (χ3v) is 4.12. The fourth-order valence-electron chi connectivity index (χ4n) is 2.64. The summed E-state index contributed by atoms with van der Waals surface area (Å²) < 4.78 is 6.96. The van der Waals surface area contributed by atoms with Gasteiger partial charge in [0, 0.05) is 30.6 Å². The maximum absolute atomic E-state index is 12.6.